The van der Waals surface area contributed by atoms with Gasteiger partial charge in [0.15, 0.2) is 0 Å². The molecule has 0 bridgehead atoms. The number of amides is 1. The van der Waals surface area contributed by atoms with Crippen LogP contribution in [0.15, 0.2) is 30.6 Å². The van der Waals surface area contributed by atoms with Gasteiger partial charge in [0.1, 0.15) is 0 Å². The van der Waals surface area contributed by atoms with Gasteiger partial charge in [0, 0.05) is 50.0 Å². The zero-order chi connectivity index (χ0) is 22.0. The van der Waals surface area contributed by atoms with Gasteiger partial charge in [-0.2, -0.15) is 0 Å². The third kappa shape index (κ3) is 5.38. The molecule has 3 heterocycles. The number of hydrogen-bond donors (Lipinski definition) is 0. The van der Waals surface area contributed by atoms with Crippen LogP contribution in [0.4, 0.5) is 0 Å². The molecule has 5 heteroatoms. The van der Waals surface area contributed by atoms with Crippen LogP contribution in [-0.2, 0) is 19.3 Å². The first-order chi connectivity index (χ1) is 14.8. The predicted octanol–water partition coefficient (Wildman–Crippen LogP) is 5.07. The summed E-state index contributed by atoms with van der Waals surface area (Å²) in [5.41, 5.74) is 3.12. The van der Waals surface area contributed by atoms with E-state index in [9.17, 15) is 4.79 Å². The molecule has 168 valence electrons. The Morgan fingerprint density at radius 3 is 2.58 bits per heavy atom. The highest BCUT2D eigenvalue weighted by Gasteiger charge is 2.32. The number of aromatic nitrogens is 1. The molecule has 1 atom stereocenters. The van der Waals surface area contributed by atoms with Gasteiger partial charge < -0.3 is 9.80 Å². The van der Waals surface area contributed by atoms with Crippen molar-refractivity contribution in [1.29, 1.82) is 0 Å². The number of nitrogens with zero attached hydrogens (tertiary/aromatic N) is 3. The van der Waals surface area contributed by atoms with Crippen LogP contribution >= 0.6 is 11.3 Å². The molecule has 31 heavy (non-hydrogen) atoms. The maximum absolute atomic E-state index is 13.2. The van der Waals surface area contributed by atoms with E-state index in [1.807, 2.05) is 24.3 Å². The fourth-order valence-electron chi connectivity index (χ4n) is 5.07. The number of hydrogen-bond acceptors (Lipinski definition) is 4. The summed E-state index contributed by atoms with van der Waals surface area (Å²) >= 11 is 1.75. The van der Waals surface area contributed by atoms with E-state index in [-0.39, 0.29) is 5.91 Å². The summed E-state index contributed by atoms with van der Waals surface area (Å²) in [4.78, 5) is 24.3. The van der Waals surface area contributed by atoms with E-state index in [4.69, 9.17) is 0 Å². The standard InChI is InChI=1S/C26H37N3OS/c1-26(2,3)21-5-6-23-20(17-21)18-24(31-23)25(30)28(4)22-10-15-29(16-11-22)14-9-19-7-12-27-13-8-19/h7-8,12-13,18,21-22H,5-6,9-11,14-17H2,1-4H3. The van der Waals surface area contributed by atoms with Gasteiger partial charge in [0.2, 0.25) is 0 Å². The second-order valence-corrected chi connectivity index (χ2v) is 11.6. The Kier molecular flexibility index (Phi) is 6.83. The average molecular weight is 440 g/mol. The van der Waals surface area contributed by atoms with Crippen LogP contribution in [0.2, 0.25) is 0 Å². The van der Waals surface area contributed by atoms with E-state index in [0.717, 1.165) is 56.6 Å². The molecule has 1 unspecified atom stereocenters. The molecule has 4 nitrogen and oxygen atoms in total. The molecule has 2 aromatic heterocycles. The summed E-state index contributed by atoms with van der Waals surface area (Å²) in [7, 11) is 2.01. The summed E-state index contributed by atoms with van der Waals surface area (Å²) in [5, 5.41) is 0. The van der Waals surface area contributed by atoms with Crippen molar-refractivity contribution in [2.24, 2.45) is 11.3 Å². The van der Waals surface area contributed by atoms with E-state index in [1.54, 1.807) is 11.3 Å². The van der Waals surface area contributed by atoms with Crippen molar-refractivity contribution in [3.8, 4) is 0 Å². The number of fused-ring (bicyclic) bond motifs is 1. The number of pyridine rings is 1. The van der Waals surface area contributed by atoms with Crippen molar-refractivity contribution in [3.05, 3.63) is 51.5 Å². The van der Waals surface area contributed by atoms with Gasteiger partial charge in [0.25, 0.3) is 5.91 Å². The molecule has 2 aliphatic rings. The zero-order valence-corrected chi connectivity index (χ0v) is 20.4. The molecule has 1 aliphatic heterocycles. The minimum Gasteiger partial charge on any atom is -0.338 e. The normalized spacial score (nSPS) is 20.5. The predicted molar refractivity (Wildman–Crippen MR) is 129 cm³/mol. The highest BCUT2D eigenvalue weighted by Crippen LogP contribution is 2.40. The number of rotatable bonds is 5. The van der Waals surface area contributed by atoms with Crippen molar-refractivity contribution < 1.29 is 4.79 Å². The largest absolute Gasteiger partial charge is 0.338 e. The second-order valence-electron chi connectivity index (χ2n) is 10.5. The van der Waals surface area contributed by atoms with Crippen LogP contribution in [0.3, 0.4) is 0 Å². The maximum atomic E-state index is 13.2. The Morgan fingerprint density at radius 2 is 1.90 bits per heavy atom. The van der Waals surface area contributed by atoms with E-state index >= 15 is 0 Å². The van der Waals surface area contributed by atoms with Gasteiger partial charge in [-0.05, 0) is 79.2 Å². The van der Waals surface area contributed by atoms with E-state index in [1.165, 1.54) is 22.4 Å². The molecule has 1 amide bonds. The quantitative estimate of drug-likeness (QED) is 0.652. The van der Waals surface area contributed by atoms with Crippen LogP contribution in [0.5, 0.6) is 0 Å². The lowest BCUT2D eigenvalue weighted by molar-refractivity contribution is 0.0648. The molecule has 1 aliphatic carbocycles. The molecule has 0 spiro atoms. The van der Waals surface area contributed by atoms with Crippen LogP contribution < -0.4 is 0 Å². The molecule has 0 radical (unpaired) electrons. The third-order valence-corrected chi connectivity index (χ3v) is 8.63. The van der Waals surface area contributed by atoms with Crippen molar-refractivity contribution in [2.45, 2.75) is 65.3 Å². The van der Waals surface area contributed by atoms with Crippen LogP contribution in [0.25, 0.3) is 0 Å². The van der Waals surface area contributed by atoms with Gasteiger partial charge in [-0.25, -0.2) is 0 Å². The summed E-state index contributed by atoms with van der Waals surface area (Å²) < 4.78 is 0. The fourth-order valence-corrected chi connectivity index (χ4v) is 6.27. The number of aryl methyl sites for hydroxylation is 1. The molecule has 4 rings (SSSR count). The minimum atomic E-state index is 0.224. The van der Waals surface area contributed by atoms with Crippen LogP contribution in [0.1, 0.15) is 65.7 Å². The lowest BCUT2D eigenvalue weighted by atomic mass is 9.72. The molecule has 1 saturated heterocycles. The first kappa shape index (κ1) is 22.5. The average Bonchev–Trinajstić information content (AvgIpc) is 3.20. The SMILES string of the molecule is CN(C(=O)c1cc2c(s1)CCC(C(C)(C)C)C2)C1CCN(CCc2ccncc2)CC1. The highest BCUT2D eigenvalue weighted by molar-refractivity contribution is 7.14. The Bertz CT molecular complexity index is 878. The Labute approximate surface area is 191 Å². The third-order valence-electron chi connectivity index (χ3n) is 7.41. The topological polar surface area (TPSA) is 36.4 Å². The number of carbonyl (C=O) groups excluding carboxylic acids is 1. The maximum Gasteiger partial charge on any atom is 0.263 e. The Morgan fingerprint density at radius 1 is 1.19 bits per heavy atom. The molecule has 0 saturated carbocycles. The highest BCUT2D eigenvalue weighted by atomic mass is 32.1. The number of carbonyl (C=O) groups is 1. The summed E-state index contributed by atoms with van der Waals surface area (Å²) in [6.45, 7) is 10.3. The minimum absolute atomic E-state index is 0.224. The molecule has 0 N–H and O–H groups in total. The second kappa shape index (κ2) is 9.41. The summed E-state index contributed by atoms with van der Waals surface area (Å²) in [5.74, 6) is 0.939. The van der Waals surface area contributed by atoms with Crippen molar-refractivity contribution in [2.75, 3.05) is 26.7 Å². The van der Waals surface area contributed by atoms with Gasteiger partial charge in [-0.3, -0.25) is 9.78 Å². The van der Waals surface area contributed by atoms with Crippen LogP contribution in [-0.4, -0.2) is 53.4 Å². The first-order valence-corrected chi connectivity index (χ1v) is 12.6. The Balaban J connectivity index is 1.30. The van der Waals surface area contributed by atoms with E-state index < -0.39 is 0 Å². The van der Waals surface area contributed by atoms with Gasteiger partial charge in [-0.1, -0.05) is 20.8 Å². The van der Waals surface area contributed by atoms with Gasteiger partial charge in [-0.15, -0.1) is 11.3 Å². The fraction of sp³-hybridized carbons (Fsp3) is 0.615. The Hall–Kier alpha value is -1.72. The molecular weight excluding hydrogens is 402 g/mol. The lowest BCUT2D eigenvalue weighted by Crippen LogP contribution is -2.45. The van der Waals surface area contributed by atoms with Gasteiger partial charge in [0.05, 0.1) is 4.88 Å². The van der Waals surface area contributed by atoms with Crippen LogP contribution in [0, 0.1) is 11.3 Å². The van der Waals surface area contributed by atoms with Gasteiger partial charge >= 0.3 is 0 Å². The van der Waals surface area contributed by atoms with E-state index in [0.29, 0.717) is 17.4 Å². The summed E-state index contributed by atoms with van der Waals surface area (Å²) in [6.07, 6.45) is 10.4. The van der Waals surface area contributed by atoms with Crippen molar-refractivity contribution in [3.63, 3.8) is 0 Å². The number of piperidine rings is 1. The monoisotopic (exact) mass is 439 g/mol. The molecule has 2 aromatic rings. The molecular formula is C26H37N3OS. The molecule has 0 aromatic carbocycles. The molecule has 1 fully saturated rings. The van der Waals surface area contributed by atoms with Crippen molar-refractivity contribution in [1.82, 2.24) is 14.8 Å². The van der Waals surface area contributed by atoms with Crippen molar-refractivity contribution >= 4 is 17.2 Å². The number of likely N-dealkylation sites (tertiary alicyclic amines) is 1. The number of thiophene rings is 1. The summed E-state index contributed by atoms with van der Waals surface area (Å²) in [6, 6.07) is 6.76. The smallest absolute Gasteiger partial charge is 0.263 e. The zero-order valence-electron chi connectivity index (χ0n) is 19.6. The lowest BCUT2D eigenvalue weighted by Gasteiger charge is -2.36. The van der Waals surface area contributed by atoms with E-state index in [2.05, 4.69) is 48.9 Å². The first-order valence-electron chi connectivity index (χ1n) is 11.8.